The third kappa shape index (κ3) is 4.64. The Labute approximate surface area is 104 Å². The number of nitrogens with one attached hydrogen (secondary N) is 2. The van der Waals surface area contributed by atoms with Crippen LogP contribution >= 0.6 is 11.8 Å². The number of carbonyl (C=O) groups is 3. The van der Waals surface area contributed by atoms with Crippen molar-refractivity contribution in [3.8, 4) is 0 Å². The second kappa shape index (κ2) is 7.16. The van der Waals surface area contributed by atoms with Crippen LogP contribution in [0, 0.1) is 0 Å². The number of thioether (sulfide) groups is 1. The van der Waals surface area contributed by atoms with Gasteiger partial charge in [-0.15, -0.1) is 0 Å². The highest BCUT2D eigenvalue weighted by molar-refractivity contribution is 8.14. The average Bonchev–Trinajstić information content (AvgIpc) is 2.61. The van der Waals surface area contributed by atoms with Gasteiger partial charge in [-0.25, -0.2) is 4.79 Å². The van der Waals surface area contributed by atoms with Crippen LogP contribution in [0.4, 0.5) is 9.59 Å². The van der Waals surface area contributed by atoms with Crippen LogP contribution in [0.15, 0.2) is 0 Å². The van der Waals surface area contributed by atoms with Gasteiger partial charge in [0, 0.05) is 19.6 Å². The van der Waals surface area contributed by atoms with Gasteiger partial charge in [0.2, 0.25) is 5.91 Å². The van der Waals surface area contributed by atoms with Crippen LogP contribution in [0.25, 0.3) is 0 Å². The Morgan fingerprint density at radius 1 is 1.35 bits per heavy atom. The molecule has 0 aromatic heterocycles. The third-order valence-electron chi connectivity index (χ3n) is 2.28. The van der Waals surface area contributed by atoms with Crippen molar-refractivity contribution in [2.75, 3.05) is 25.4 Å². The van der Waals surface area contributed by atoms with Crippen LogP contribution in [0.3, 0.4) is 0 Å². The first kappa shape index (κ1) is 13.8. The summed E-state index contributed by atoms with van der Waals surface area (Å²) in [5.41, 5.74) is 0. The summed E-state index contributed by atoms with van der Waals surface area (Å²) in [7, 11) is 0. The molecule has 1 saturated heterocycles. The molecule has 1 rings (SSSR count). The van der Waals surface area contributed by atoms with E-state index in [1.54, 1.807) is 0 Å². The molecule has 1 aliphatic heterocycles. The maximum Gasteiger partial charge on any atom is 0.314 e. The highest BCUT2D eigenvalue weighted by Gasteiger charge is 2.29. The molecule has 0 bridgehead atoms. The van der Waals surface area contributed by atoms with Crippen LogP contribution in [-0.4, -0.2) is 47.5 Å². The van der Waals surface area contributed by atoms with Crippen LogP contribution in [0.5, 0.6) is 0 Å². The Bertz CT molecular complexity index is 293. The molecule has 0 radical (unpaired) electrons. The summed E-state index contributed by atoms with van der Waals surface area (Å²) in [5, 5.41) is 5.06. The summed E-state index contributed by atoms with van der Waals surface area (Å²) in [6.07, 6.45) is 1.96. The SMILES string of the molecule is CCCCNC(=O)NCCN1C(=O)CSC1=O. The fourth-order valence-electron chi connectivity index (χ4n) is 1.32. The van der Waals surface area contributed by atoms with E-state index in [2.05, 4.69) is 10.6 Å². The van der Waals surface area contributed by atoms with Crippen molar-refractivity contribution in [2.24, 2.45) is 0 Å². The number of hydrogen-bond donors (Lipinski definition) is 2. The Balaban J connectivity index is 2.12. The molecule has 4 amide bonds. The highest BCUT2D eigenvalue weighted by Crippen LogP contribution is 2.17. The molecule has 0 spiro atoms. The molecule has 6 nitrogen and oxygen atoms in total. The number of hydrogen-bond acceptors (Lipinski definition) is 4. The lowest BCUT2D eigenvalue weighted by Crippen LogP contribution is -2.41. The second-order valence-corrected chi connectivity index (χ2v) is 4.56. The fourth-order valence-corrected chi connectivity index (χ4v) is 2.07. The smallest absolute Gasteiger partial charge is 0.314 e. The molecule has 0 aromatic carbocycles. The van der Waals surface area contributed by atoms with Crippen LogP contribution in [0.1, 0.15) is 19.8 Å². The number of amides is 4. The van der Waals surface area contributed by atoms with Gasteiger partial charge in [-0.05, 0) is 6.42 Å². The van der Waals surface area contributed by atoms with E-state index in [1.807, 2.05) is 6.92 Å². The normalized spacial score (nSPS) is 15.2. The predicted molar refractivity (Wildman–Crippen MR) is 65.9 cm³/mol. The average molecular weight is 259 g/mol. The molecular formula is C10H17N3O3S. The van der Waals surface area contributed by atoms with Crippen molar-refractivity contribution >= 4 is 28.9 Å². The molecule has 17 heavy (non-hydrogen) atoms. The number of carbonyl (C=O) groups excluding carboxylic acids is 3. The summed E-state index contributed by atoms with van der Waals surface area (Å²) in [4.78, 5) is 34.8. The lowest BCUT2D eigenvalue weighted by atomic mass is 10.3. The highest BCUT2D eigenvalue weighted by atomic mass is 32.2. The molecule has 2 N–H and O–H groups in total. The van der Waals surface area contributed by atoms with Crippen molar-refractivity contribution < 1.29 is 14.4 Å². The largest absolute Gasteiger partial charge is 0.338 e. The van der Waals surface area contributed by atoms with Crippen molar-refractivity contribution in [3.05, 3.63) is 0 Å². The number of nitrogens with zero attached hydrogens (tertiary/aromatic N) is 1. The Hall–Kier alpha value is -1.24. The first-order chi connectivity index (χ1) is 8.15. The Morgan fingerprint density at radius 2 is 2.06 bits per heavy atom. The van der Waals surface area contributed by atoms with Gasteiger partial charge in [0.1, 0.15) is 0 Å². The van der Waals surface area contributed by atoms with Crippen molar-refractivity contribution in [3.63, 3.8) is 0 Å². The quantitative estimate of drug-likeness (QED) is 0.691. The second-order valence-electron chi connectivity index (χ2n) is 3.64. The zero-order valence-corrected chi connectivity index (χ0v) is 10.6. The van der Waals surface area contributed by atoms with E-state index in [9.17, 15) is 14.4 Å². The van der Waals surface area contributed by atoms with Crippen LogP contribution < -0.4 is 10.6 Å². The molecule has 96 valence electrons. The van der Waals surface area contributed by atoms with Crippen LogP contribution in [0.2, 0.25) is 0 Å². The van der Waals surface area contributed by atoms with Gasteiger partial charge in [-0.1, -0.05) is 25.1 Å². The third-order valence-corrected chi connectivity index (χ3v) is 3.14. The first-order valence-corrected chi connectivity index (χ1v) is 6.62. The monoisotopic (exact) mass is 259 g/mol. The zero-order valence-electron chi connectivity index (χ0n) is 9.82. The first-order valence-electron chi connectivity index (χ1n) is 5.64. The van der Waals surface area contributed by atoms with Gasteiger partial charge in [-0.3, -0.25) is 14.5 Å². The van der Waals surface area contributed by atoms with Crippen molar-refractivity contribution in [2.45, 2.75) is 19.8 Å². The van der Waals surface area contributed by atoms with Gasteiger partial charge in [-0.2, -0.15) is 0 Å². The van der Waals surface area contributed by atoms with Gasteiger partial charge < -0.3 is 10.6 Å². The Kier molecular flexibility index (Phi) is 5.82. The molecule has 1 heterocycles. The summed E-state index contributed by atoms with van der Waals surface area (Å²) in [6, 6.07) is -0.259. The lowest BCUT2D eigenvalue weighted by Gasteiger charge is -2.13. The van der Waals surface area contributed by atoms with Gasteiger partial charge in [0.15, 0.2) is 0 Å². The minimum Gasteiger partial charge on any atom is -0.338 e. The molecule has 0 atom stereocenters. The Morgan fingerprint density at radius 3 is 2.65 bits per heavy atom. The molecular weight excluding hydrogens is 242 g/mol. The summed E-state index contributed by atoms with van der Waals surface area (Å²) in [5.74, 6) is 0.0230. The van der Waals surface area contributed by atoms with E-state index in [-0.39, 0.29) is 36.0 Å². The fraction of sp³-hybridized carbons (Fsp3) is 0.700. The van der Waals surface area contributed by atoms with E-state index >= 15 is 0 Å². The molecule has 0 saturated carbocycles. The number of urea groups is 1. The summed E-state index contributed by atoms with van der Waals surface area (Å²) < 4.78 is 0. The van der Waals surface area contributed by atoms with Gasteiger partial charge in [0.05, 0.1) is 5.75 Å². The van der Waals surface area contributed by atoms with Crippen LogP contribution in [-0.2, 0) is 4.79 Å². The van der Waals surface area contributed by atoms with Crippen molar-refractivity contribution in [1.29, 1.82) is 0 Å². The minimum atomic E-state index is -0.259. The van der Waals surface area contributed by atoms with E-state index in [4.69, 9.17) is 0 Å². The standard InChI is InChI=1S/C10H17N3O3S/c1-2-3-4-11-9(15)12-5-6-13-8(14)7-17-10(13)16/h2-7H2,1H3,(H2,11,12,15). The van der Waals surface area contributed by atoms with Crippen molar-refractivity contribution in [1.82, 2.24) is 15.5 Å². The number of rotatable bonds is 6. The zero-order chi connectivity index (χ0) is 12.7. The molecule has 0 aliphatic carbocycles. The summed E-state index contributed by atoms with van der Waals surface area (Å²) >= 11 is 0.998. The molecule has 1 fully saturated rings. The summed E-state index contributed by atoms with van der Waals surface area (Å²) in [6.45, 7) is 3.21. The van der Waals surface area contributed by atoms with E-state index < -0.39 is 0 Å². The molecule has 1 aliphatic rings. The maximum atomic E-state index is 11.2. The number of imide groups is 1. The molecule has 0 aromatic rings. The van der Waals surface area contributed by atoms with Gasteiger partial charge in [0.25, 0.3) is 5.24 Å². The lowest BCUT2D eigenvalue weighted by molar-refractivity contribution is -0.124. The topological polar surface area (TPSA) is 78.5 Å². The molecule has 0 unspecified atom stereocenters. The molecule has 7 heteroatoms. The van der Waals surface area contributed by atoms with Gasteiger partial charge >= 0.3 is 6.03 Å². The van der Waals surface area contributed by atoms with E-state index in [0.717, 1.165) is 29.5 Å². The predicted octanol–water partition coefficient (Wildman–Crippen LogP) is 0.781. The van der Waals surface area contributed by atoms with E-state index in [1.165, 1.54) is 0 Å². The minimum absolute atomic E-state index is 0.187. The number of unbranched alkanes of at least 4 members (excludes halogenated alkanes) is 1. The maximum absolute atomic E-state index is 11.2. The van der Waals surface area contributed by atoms with E-state index in [0.29, 0.717) is 6.54 Å².